The van der Waals surface area contributed by atoms with Gasteiger partial charge in [-0.1, -0.05) is 30.3 Å². The number of ether oxygens (including phenoxy) is 1. The predicted molar refractivity (Wildman–Crippen MR) is 82.7 cm³/mol. The van der Waals surface area contributed by atoms with E-state index in [4.69, 9.17) is 4.74 Å². The van der Waals surface area contributed by atoms with Crippen LogP contribution in [0.2, 0.25) is 0 Å². The zero-order chi connectivity index (χ0) is 16.3. The van der Waals surface area contributed by atoms with Crippen LogP contribution < -0.4 is 0 Å². The maximum atomic E-state index is 12.5. The summed E-state index contributed by atoms with van der Waals surface area (Å²) >= 11 is 0. The second-order valence-corrected chi connectivity index (χ2v) is 6.67. The Balaban J connectivity index is 2.24. The van der Waals surface area contributed by atoms with Gasteiger partial charge in [0.1, 0.15) is 5.60 Å². The molecule has 120 valence electrons. The Morgan fingerprint density at radius 1 is 1.23 bits per heavy atom. The van der Waals surface area contributed by atoms with Crippen LogP contribution in [-0.2, 0) is 9.53 Å². The molecule has 0 saturated carbocycles. The number of likely N-dealkylation sites (tertiary alicyclic amines) is 1. The number of amides is 1. The van der Waals surface area contributed by atoms with Gasteiger partial charge in [-0.25, -0.2) is 4.79 Å². The lowest BCUT2D eigenvalue weighted by molar-refractivity contribution is -0.162. The monoisotopic (exact) mass is 305 g/mol. The molecule has 1 aromatic rings. The van der Waals surface area contributed by atoms with Gasteiger partial charge in [0.05, 0.1) is 5.92 Å². The third-order valence-corrected chi connectivity index (χ3v) is 3.82. The van der Waals surface area contributed by atoms with Crippen LogP contribution in [-0.4, -0.2) is 40.8 Å². The Kier molecular flexibility index (Phi) is 4.74. The van der Waals surface area contributed by atoms with Gasteiger partial charge in [0.25, 0.3) is 0 Å². The molecular weight excluding hydrogens is 282 g/mol. The van der Waals surface area contributed by atoms with Crippen molar-refractivity contribution in [1.29, 1.82) is 0 Å². The van der Waals surface area contributed by atoms with E-state index in [0.29, 0.717) is 13.0 Å². The third kappa shape index (κ3) is 4.00. The summed E-state index contributed by atoms with van der Waals surface area (Å²) in [7, 11) is 0. The molecule has 5 nitrogen and oxygen atoms in total. The quantitative estimate of drug-likeness (QED) is 0.853. The van der Waals surface area contributed by atoms with Crippen molar-refractivity contribution in [2.24, 2.45) is 5.92 Å². The van der Waals surface area contributed by atoms with Crippen LogP contribution in [0.4, 0.5) is 4.79 Å². The summed E-state index contributed by atoms with van der Waals surface area (Å²) < 4.78 is 5.50. The number of nitrogens with zero attached hydrogens (tertiary/aromatic N) is 1. The fraction of sp³-hybridized carbons (Fsp3) is 0.529. The molecule has 1 aliphatic rings. The number of carbonyl (C=O) groups is 2. The minimum absolute atomic E-state index is 0.00773. The van der Waals surface area contributed by atoms with Crippen LogP contribution in [0.15, 0.2) is 30.3 Å². The third-order valence-electron chi connectivity index (χ3n) is 3.82. The maximum absolute atomic E-state index is 12.5. The first kappa shape index (κ1) is 16.3. The molecule has 0 aromatic heterocycles. The normalized spacial score (nSPS) is 22.2. The molecule has 2 rings (SSSR count). The van der Waals surface area contributed by atoms with Crippen molar-refractivity contribution in [3.8, 4) is 0 Å². The van der Waals surface area contributed by atoms with Crippen LogP contribution in [0, 0.1) is 5.92 Å². The zero-order valence-electron chi connectivity index (χ0n) is 13.3. The number of esters is 1. The highest BCUT2D eigenvalue weighted by atomic mass is 16.6. The molecule has 1 amide bonds. The van der Waals surface area contributed by atoms with E-state index in [2.05, 4.69) is 0 Å². The Bertz CT molecular complexity index is 535. The number of hydrogen-bond donors (Lipinski definition) is 1. The molecule has 1 saturated heterocycles. The highest BCUT2D eigenvalue weighted by Gasteiger charge is 2.39. The van der Waals surface area contributed by atoms with Crippen molar-refractivity contribution < 1.29 is 19.4 Å². The van der Waals surface area contributed by atoms with Crippen LogP contribution in [0.1, 0.15) is 38.7 Å². The first-order valence-corrected chi connectivity index (χ1v) is 7.53. The summed E-state index contributed by atoms with van der Waals surface area (Å²) in [4.78, 5) is 25.0. The number of piperidine rings is 1. The molecular formula is C17H23NO4. The van der Waals surface area contributed by atoms with Crippen LogP contribution in [0.25, 0.3) is 0 Å². The number of carboxylic acid groups (broad SMARTS) is 1. The van der Waals surface area contributed by atoms with E-state index in [-0.39, 0.29) is 18.4 Å². The lowest BCUT2D eigenvalue weighted by Gasteiger charge is -2.37. The van der Waals surface area contributed by atoms with Crippen molar-refractivity contribution in [2.75, 3.05) is 13.1 Å². The minimum atomic E-state index is -0.986. The molecule has 2 atom stereocenters. The van der Waals surface area contributed by atoms with E-state index in [1.807, 2.05) is 51.1 Å². The van der Waals surface area contributed by atoms with Gasteiger partial charge in [0, 0.05) is 19.0 Å². The molecule has 1 N–H and O–H groups in total. The van der Waals surface area contributed by atoms with Gasteiger partial charge in [0.15, 0.2) is 0 Å². The Morgan fingerprint density at radius 3 is 2.41 bits per heavy atom. The summed E-state index contributed by atoms with van der Waals surface area (Å²) in [5.41, 5.74) is 0.479. The van der Waals surface area contributed by atoms with Gasteiger partial charge in [-0.15, -0.1) is 0 Å². The van der Waals surface area contributed by atoms with E-state index in [9.17, 15) is 14.7 Å². The summed E-state index contributed by atoms with van der Waals surface area (Å²) in [6, 6.07) is 9.77. The number of hydrogen-bond acceptors (Lipinski definition) is 3. The summed E-state index contributed by atoms with van der Waals surface area (Å²) in [6.45, 7) is 6.08. The van der Waals surface area contributed by atoms with Crippen LogP contribution in [0.3, 0.4) is 0 Å². The smallest absolute Gasteiger partial charge is 0.407 e. The van der Waals surface area contributed by atoms with Crippen LogP contribution in [0.5, 0.6) is 0 Å². The second-order valence-electron chi connectivity index (χ2n) is 6.67. The molecule has 1 aliphatic heterocycles. The summed E-state index contributed by atoms with van der Waals surface area (Å²) in [5.74, 6) is -0.801. The van der Waals surface area contributed by atoms with Gasteiger partial charge < -0.3 is 14.7 Å². The SMILES string of the molecule is CC(C)(C)OC(=O)[C@H]1CN(C(=O)O)CC[C@@H]1c1ccccc1. The summed E-state index contributed by atoms with van der Waals surface area (Å²) in [6.07, 6.45) is -0.361. The molecule has 1 fully saturated rings. The first-order chi connectivity index (χ1) is 10.3. The van der Waals surface area contributed by atoms with Crippen molar-refractivity contribution in [3.05, 3.63) is 35.9 Å². The number of rotatable bonds is 2. The van der Waals surface area contributed by atoms with Gasteiger partial charge in [-0.05, 0) is 32.8 Å². The highest BCUT2D eigenvalue weighted by molar-refractivity contribution is 5.76. The van der Waals surface area contributed by atoms with Gasteiger partial charge in [-0.3, -0.25) is 4.79 Å². The standard InChI is InChI=1S/C17H23NO4/c1-17(2,3)22-15(19)14-11-18(16(20)21)10-9-13(14)12-7-5-4-6-8-12/h4-8,13-14H,9-11H2,1-3H3,(H,20,21)/t13-,14+/m1/s1. The first-order valence-electron chi connectivity index (χ1n) is 7.53. The zero-order valence-corrected chi connectivity index (χ0v) is 13.3. The van der Waals surface area contributed by atoms with E-state index >= 15 is 0 Å². The molecule has 22 heavy (non-hydrogen) atoms. The molecule has 1 heterocycles. The maximum Gasteiger partial charge on any atom is 0.407 e. The number of carbonyl (C=O) groups excluding carboxylic acids is 1. The van der Waals surface area contributed by atoms with Crippen molar-refractivity contribution in [2.45, 2.75) is 38.7 Å². The lowest BCUT2D eigenvalue weighted by Crippen LogP contribution is -2.46. The summed E-state index contributed by atoms with van der Waals surface area (Å²) in [5, 5.41) is 9.20. The Labute approximate surface area is 130 Å². The fourth-order valence-corrected chi connectivity index (χ4v) is 2.84. The number of benzene rings is 1. The Morgan fingerprint density at radius 2 is 1.86 bits per heavy atom. The van der Waals surface area contributed by atoms with E-state index in [1.165, 1.54) is 4.90 Å². The van der Waals surface area contributed by atoms with Gasteiger partial charge >= 0.3 is 12.1 Å². The van der Waals surface area contributed by atoms with Crippen LogP contribution >= 0.6 is 0 Å². The molecule has 5 heteroatoms. The molecule has 0 aliphatic carbocycles. The minimum Gasteiger partial charge on any atom is -0.465 e. The largest absolute Gasteiger partial charge is 0.465 e. The second kappa shape index (κ2) is 6.38. The molecule has 1 aromatic carbocycles. The van der Waals surface area contributed by atoms with Crippen molar-refractivity contribution in [3.63, 3.8) is 0 Å². The average molecular weight is 305 g/mol. The van der Waals surface area contributed by atoms with Gasteiger partial charge in [-0.2, -0.15) is 0 Å². The molecule has 0 spiro atoms. The van der Waals surface area contributed by atoms with E-state index in [0.717, 1.165) is 5.56 Å². The average Bonchev–Trinajstić information content (AvgIpc) is 2.45. The fourth-order valence-electron chi connectivity index (χ4n) is 2.84. The highest BCUT2D eigenvalue weighted by Crippen LogP contribution is 2.34. The predicted octanol–water partition coefficient (Wildman–Crippen LogP) is 3.11. The molecule has 0 unspecified atom stereocenters. The molecule has 0 radical (unpaired) electrons. The van der Waals surface area contributed by atoms with E-state index < -0.39 is 17.6 Å². The van der Waals surface area contributed by atoms with Crippen molar-refractivity contribution in [1.82, 2.24) is 4.90 Å². The Hall–Kier alpha value is -2.04. The lowest BCUT2D eigenvalue weighted by atomic mass is 9.80. The van der Waals surface area contributed by atoms with Crippen molar-refractivity contribution >= 4 is 12.1 Å². The van der Waals surface area contributed by atoms with E-state index in [1.54, 1.807) is 0 Å². The topological polar surface area (TPSA) is 66.8 Å². The molecule has 0 bridgehead atoms. The van der Waals surface area contributed by atoms with Gasteiger partial charge in [0.2, 0.25) is 0 Å².